The molecule has 0 saturated heterocycles. The molecule has 1 unspecified atom stereocenters. The van der Waals surface area contributed by atoms with Gasteiger partial charge in [-0.05, 0) is 18.2 Å². The number of nitrogens with two attached hydrogens (primary N) is 1. The Morgan fingerprint density at radius 1 is 1.53 bits per heavy atom. The van der Waals surface area contributed by atoms with Crippen molar-refractivity contribution in [3.63, 3.8) is 0 Å². The van der Waals surface area contributed by atoms with Gasteiger partial charge < -0.3 is 16.3 Å². The highest BCUT2D eigenvalue weighted by molar-refractivity contribution is 5.82. The molecule has 0 saturated carbocycles. The van der Waals surface area contributed by atoms with Crippen LogP contribution >= 0.6 is 0 Å². The first-order valence-corrected chi connectivity index (χ1v) is 5.16. The summed E-state index contributed by atoms with van der Waals surface area (Å²) in [6.45, 7) is 2.35. The Morgan fingerprint density at radius 2 is 2.24 bits per heavy atom. The zero-order valence-corrected chi connectivity index (χ0v) is 9.45. The Kier molecular flexibility index (Phi) is 4.84. The van der Waals surface area contributed by atoms with Crippen LogP contribution in [0.2, 0.25) is 0 Å². The van der Waals surface area contributed by atoms with Gasteiger partial charge in [0.1, 0.15) is 17.5 Å². The van der Waals surface area contributed by atoms with E-state index in [9.17, 15) is 8.78 Å². The number of hydrogen-bond acceptors (Lipinski definition) is 3. The maximum absolute atomic E-state index is 13.2. The normalized spacial score (nSPS) is 13.7. The predicted octanol–water partition coefficient (Wildman–Crippen LogP) is 1.44. The van der Waals surface area contributed by atoms with Crippen LogP contribution < -0.4 is 11.1 Å². The molecule has 0 amide bonds. The molecule has 0 fully saturated rings. The van der Waals surface area contributed by atoms with E-state index in [1.165, 1.54) is 0 Å². The van der Waals surface area contributed by atoms with Crippen LogP contribution in [0.25, 0.3) is 0 Å². The number of rotatable bonds is 5. The summed E-state index contributed by atoms with van der Waals surface area (Å²) in [5.74, 6) is -1.03. The number of hydrogen-bond donors (Lipinski definition) is 3. The average Bonchev–Trinajstić information content (AvgIpc) is 2.32. The van der Waals surface area contributed by atoms with E-state index < -0.39 is 11.6 Å². The maximum atomic E-state index is 13.2. The minimum absolute atomic E-state index is 0.0946. The van der Waals surface area contributed by atoms with Crippen molar-refractivity contribution in [2.75, 3.05) is 6.54 Å². The lowest BCUT2D eigenvalue weighted by Gasteiger charge is -2.11. The fourth-order valence-corrected chi connectivity index (χ4v) is 1.31. The third kappa shape index (κ3) is 3.99. The Hall–Kier alpha value is -1.69. The average molecular weight is 243 g/mol. The van der Waals surface area contributed by atoms with Crippen molar-refractivity contribution in [3.8, 4) is 0 Å². The first kappa shape index (κ1) is 13.4. The highest BCUT2D eigenvalue weighted by Gasteiger charge is 2.08. The van der Waals surface area contributed by atoms with E-state index in [1.807, 2.05) is 0 Å². The van der Waals surface area contributed by atoms with Gasteiger partial charge in [-0.2, -0.15) is 0 Å². The molecule has 0 heterocycles. The van der Waals surface area contributed by atoms with Gasteiger partial charge in [-0.3, -0.25) is 0 Å². The highest BCUT2D eigenvalue weighted by Crippen LogP contribution is 2.09. The van der Waals surface area contributed by atoms with Crippen molar-refractivity contribution in [2.45, 2.75) is 13.5 Å². The molecule has 1 aromatic rings. The lowest BCUT2D eigenvalue weighted by molar-refractivity contribution is 0.314. The van der Waals surface area contributed by atoms with Crippen molar-refractivity contribution in [2.24, 2.45) is 16.8 Å². The van der Waals surface area contributed by atoms with Gasteiger partial charge in [0.25, 0.3) is 0 Å². The Morgan fingerprint density at radius 3 is 2.88 bits per heavy atom. The van der Waals surface area contributed by atoms with Crippen LogP contribution in [0, 0.1) is 17.6 Å². The third-order valence-electron chi connectivity index (χ3n) is 2.39. The zero-order valence-electron chi connectivity index (χ0n) is 9.45. The second-order valence-electron chi connectivity index (χ2n) is 3.79. The number of nitrogens with one attached hydrogen (secondary N) is 1. The molecule has 1 atom stereocenters. The van der Waals surface area contributed by atoms with Crippen molar-refractivity contribution in [3.05, 3.63) is 35.4 Å². The quantitative estimate of drug-likeness (QED) is 0.317. The molecule has 0 radical (unpaired) electrons. The second kappa shape index (κ2) is 6.15. The van der Waals surface area contributed by atoms with Gasteiger partial charge in [-0.25, -0.2) is 8.78 Å². The number of nitrogens with zero attached hydrogens (tertiary/aromatic N) is 1. The van der Waals surface area contributed by atoms with E-state index in [0.717, 1.165) is 18.2 Å². The molecule has 1 aromatic carbocycles. The number of benzene rings is 1. The molecular formula is C11H15F2N3O. The number of halogens is 2. The van der Waals surface area contributed by atoms with Crippen molar-refractivity contribution in [1.29, 1.82) is 0 Å². The van der Waals surface area contributed by atoms with Crippen LogP contribution in [-0.2, 0) is 6.54 Å². The van der Waals surface area contributed by atoms with E-state index >= 15 is 0 Å². The van der Waals surface area contributed by atoms with Crippen LogP contribution in [0.15, 0.2) is 23.4 Å². The van der Waals surface area contributed by atoms with E-state index in [1.54, 1.807) is 6.92 Å². The predicted molar refractivity (Wildman–Crippen MR) is 60.6 cm³/mol. The maximum Gasteiger partial charge on any atom is 0.143 e. The molecular weight excluding hydrogens is 228 g/mol. The minimum Gasteiger partial charge on any atom is -0.409 e. The number of amidine groups is 1. The first-order chi connectivity index (χ1) is 8.04. The monoisotopic (exact) mass is 243 g/mol. The molecule has 6 heteroatoms. The molecule has 4 N–H and O–H groups in total. The summed E-state index contributed by atoms with van der Waals surface area (Å²) in [6.07, 6.45) is 0. The van der Waals surface area contributed by atoms with Crippen molar-refractivity contribution >= 4 is 5.84 Å². The lowest BCUT2D eigenvalue weighted by atomic mass is 10.1. The molecule has 0 aliphatic carbocycles. The summed E-state index contributed by atoms with van der Waals surface area (Å²) in [6, 6.07) is 3.29. The Bertz CT molecular complexity index is 410. The highest BCUT2D eigenvalue weighted by atomic mass is 19.1. The minimum atomic E-state index is -0.479. The summed E-state index contributed by atoms with van der Waals surface area (Å²) < 4.78 is 26.1. The van der Waals surface area contributed by atoms with Crippen LogP contribution in [0.5, 0.6) is 0 Å². The largest absolute Gasteiger partial charge is 0.409 e. The molecule has 1 rings (SSSR count). The third-order valence-corrected chi connectivity index (χ3v) is 2.39. The second-order valence-corrected chi connectivity index (χ2v) is 3.79. The first-order valence-electron chi connectivity index (χ1n) is 5.16. The Labute approximate surface area is 98.1 Å². The fraction of sp³-hybridized carbons (Fsp3) is 0.364. The molecule has 17 heavy (non-hydrogen) atoms. The van der Waals surface area contributed by atoms with Crippen LogP contribution in [0.3, 0.4) is 0 Å². The molecule has 0 bridgehead atoms. The van der Waals surface area contributed by atoms with Gasteiger partial charge in [0, 0.05) is 24.6 Å². The van der Waals surface area contributed by atoms with Gasteiger partial charge in [-0.1, -0.05) is 12.1 Å². The SMILES string of the molecule is CC(CNCc1cc(F)ccc1F)C(N)=NO. The van der Waals surface area contributed by atoms with Gasteiger partial charge in [0.2, 0.25) is 0 Å². The topological polar surface area (TPSA) is 70.6 Å². The van der Waals surface area contributed by atoms with Crippen LogP contribution in [-0.4, -0.2) is 17.6 Å². The summed E-state index contributed by atoms with van der Waals surface area (Å²) in [5, 5.41) is 14.2. The Balaban J connectivity index is 2.48. The van der Waals surface area contributed by atoms with Gasteiger partial charge >= 0.3 is 0 Å². The molecule has 0 aliphatic rings. The fourth-order valence-electron chi connectivity index (χ4n) is 1.31. The standard InChI is InChI=1S/C11H15F2N3O/c1-7(11(14)16-17)5-15-6-8-4-9(12)2-3-10(8)13/h2-4,7,15,17H,5-6H2,1H3,(H2,14,16). The van der Waals surface area contributed by atoms with Gasteiger partial charge in [-0.15, -0.1) is 0 Å². The molecule has 0 spiro atoms. The van der Waals surface area contributed by atoms with E-state index in [4.69, 9.17) is 10.9 Å². The lowest BCUT2D eigenvalue weighted by Crippen LogP contribution is -2.31. The van der Waals surface area contributed by atoms with Crippen molar-refractivity contribution < 1.29 is 14.0 Å². The summed E-state index contributed by atoms with van der Waals surface area (Å²) in [5.41, 5.74) is 5.62. The van der Waals surface area contributed by atoms with Crippen LogP contribution in [0.4, 0.5) is 8.78 Å². The molecule has 0 aliphatic heterocycles. The molecule has 94 valence electrons. The van der Waals surface area contributed by atoms with Gasteiger partial charge in [0.15, 0.2) is 0 Å². The zero-order chi connectivity index (χ0) is 12.8. The summed E-state index contributed by atoms with van der Waals surface area (Å²) >= 11 is 0. The van der Waals surface area contributed by atoms with Gasteiger partial charge in [0.05, 0.1) is 0 Å². The molecule has 4 nitrogen and oxygen atoms in total. The number of oxime groups is 1. The smallest absolute Gasteiger partial charge is 0.143 e. The van der Waals surface area contributed by atoms with Crippen LogP contribution in [0.1, 0.15) is 12.5 Å². The van der Waals surface area contributed by atoms with E-state index in [2.05, 4.69) is 10.5 Å². The summed E-state index contributed by atoms with van der Waals surface area (Å²) in [4.78, 5) is 0. The van der Waals surface area contributed by atoms with E-state index in [0.29, 0.717) is 6.54 Å². The van der Waals surface area contributed by atoms with Crippen molar-refractivity contribution in [1.82, 2.24) is 5.32 Å². The summed E-state index contributed by atoms with van der Waals surface area (Å²) in [7, 11) is 0. The van der Waals surface area contributed by atoms with E-state index in [-0.39, 0.29) is 23.9 Å². The molecule has 0 aromatic heterocycles.